The fourth-order valence-corrected chi connectivity index (χ4v) is 4.87. The fraction of sp³-hybridized carbons (Fsp3) is 0.806. The summed E-state index contributed by atoms with van der Waals surface area (Å²) in [6.07, 6.45) is 26.4. The minimum absolute atomic E-state index is 0.0384. The third-order valence-corrected chi connectivity index (χ3v) is 7.60. The predicted molar refractivity (Wildman–Crippen MR) is 176 cm³/mol. The van der Waals surface area contributed by atoms with E-state index < -0.39 is 18.1 Å². The molecule has 0 rings (SSSR count). The van der Waals surface area contributed by atoms with Crippen LogP contribution in [-0.2, 0) is 28.6 Å². The molecule has 0 aliphatic rings. The van der Waals surface area contributed by atoms with Crippen LogP contribution in [0.4, 0.5) is 0 Å². The van der Waals surface area contributed by atoms with Crippen molar-refractivity contribution in [2.45, 2.75) is 148 Å². The number of aliphatic carboxylic acids is 1. The lowest BCUT2D eigenvalue weighted by molar-refractivity contribution is -0.889. The van der Waals surface area contributed by atoms with Gasteiger partial charge in [-0.05, 0) is 38.5 Å². The highest BCUT2D eigenvalue weighted by atomic mass is 16.6. The second kappa shape index (κ2) is 28.3. The van der Waals surface area contributed by atoms with Crippen molar-refractivity contribution in [3.63, 3.8) is 0 Å². The minimum atomic E-state index is -1.13. The second-order valence-corrected chi connectivity index (χ2v) is 12.7. The summed E-state index contributed by atoms with van der Waals surface area (Å²) in [5, 5.41) is 11.5. The van der Waals surface area contributed by atoms with E-state index in [0.717, 1.165) is 70.6 Å². The van der Waals surface area contributed by atoms with Crippen molar-refractivity contribution in [1.29, 1.82) is 0 Å². The maximum absolute atomic E-state index is 12.5. The van der Waals surface area contributed by atoms with Gasteiger partial charge in [0.2, 0.25) is 0 Å². The van der Waals surface area contributed by atoms with Gasteiger partial charge in [0, 0.05) is 19.3 Å². The summed E-state index contributed by atoms with van der Waals surface area (Å²) in [5.74, 6) is -1.76. The number of quaternary nitrogens is 1. The number of carboxylic acid groups (broad SMARTS) is 1. The van der Waals surface area contributed by atoms with Crippen LogP contribution in [0.2, 0.25) is 0 Å². The van der Waals surface area contributed by atoms with Gasteiger partial charge in [-0.15, -0.1) is 0 Å². The van der Waals surface area contributed by atoms with Crippen LogP contribution >= 0.6 is 0 Å². The molecular formula is C36H65NO7. The monoisotopic (exact) mass is 623 g/mol. The van der Waals surface area contributed by atoms with Gasteiger partial charge < -0.3 is 28.6 Å². The van der Waals surface area contributed by atoms with Gasteiger partial charge in [0.15, 0.2) is 6.10 Å². The van der Waals surface area contributed by atoms with Crippen molar-refractivity contribution in [1.82, 2.24) is 0 Å². The smallest absolute Gasteiger partial charge is 0.306 e. The molecule has 0 saturated heterocycles. The van der Waals surface area contributed by atoms with Crippen LogP contribution in [0.5, 0.6) is 0 Å². The Morgan fingerprint density at radius 3 is 1.86 bits per heavy atom. The van der Waals surface area contributed by atoms with E-state index in [1.54, 1.807) is 21.1 Å². The maximum Gasteiger partial charge on any atom is 0.306 e. The van der Waals surface area contributed by atoms with E-state index in [0.29, 0.717) is 12.8 Å². The van der Waals surface area contributed by atoms with Gasteiger partial charge in [0.1, 0.15) is 12.6 Å². The Morgan fingerprint density at radius 1 is 0.705 bits per heavy atom. The number of unbranched alkanes of at least 4 members (excludes halogenated alkanes) is 12. The van der Waals surface area contributed by atoms with E-state index >= 15 is 0 Å². The van der Waals surface area contributed by atoms with E-state index in [1.807, 2.05) is 0 Å². The summed E-state index contributed by atoms with van der Waals surface area (Å²) in [6.45, 7) is 4.48. The number of allylic oxidation sites excluding steroid dienone is 4. The summed E-state index contributed by atoms with van der Waals surface area (Å²) in [5.41, 5.74) is 0. The number of nitrogens with zero attached hydrogens (tertiary/aromatic N) is 1. The zero-order valence-corrected chi connectivity index (χ0v) is 28.8. The Hall–Kier alpha value is -2.19. The van der Waals surface area contributed by atoms with Crippen molar-refractivity contribution < 1.29 is 38.2 Å². The number of carboxylic acids is 1. The number of hydrogen-bond donors (Lipinski definition) is 0. The van der Waals surface area contributed by atoms with E-state index in [2.05, 4.69) is 38.2 Å². The lowest BCUT2D eigenvalue weighted by Crippen LogP contribution is -2.55. The van der Waals surface area contributed by atoms with Crippen LogP contribution in [0.25, 0.3) is 0 Å². The lowest BCUT2D eigenvalue weighted by atomic mass is 10.1. The van der Waals surface area contributed by atoms with Gasteiger partial charge in [-0.2, -0.15) is 0 Å². The molecule has 0 aromatic carbocycles. The average molecular weight is 624 g/mol. The molecule has 8 nitrogen and oxygen atoms in total. The number of rotatable bonds is 30. The molecule has 0 heterocycles. The molecule has 256 valence electrons. The van der Waals surface area contributed by atoms with Gasteiger partial charge >= 0.3 is 11.9 Å². The van der Waals surface area contributed by atoms with Crippen LogP contribution in [0.15, 0.2) is 24.3 Å². The normalized spacial score (nSPS) is 13.4. The van der Waals surface area contributed by atoms with Crippen molar-refractivity contribution in [3.05, 3.63) is 24.3 Å². The standard InChI is InChI=1S/C36H65NO7/c1-6-8-10-12-14-16-17-18-19-21-22-24-26-34(38)43-31-32(30-42-29-28-33(36(40)41)37(3,4)5)44-35(39)27-25-23-20-15-13-11-9-7-2/h8,10,14,16,32-33H,6-7,9,11-13,15,17-31H2,1-5H3/b10-8+,16-14+. The zero-order valence-electron chi connectivity index (χ0n) is 28.8. The van der Waals surface area contributed by atoms with Crippen molar-refractivity contribution >= 4 is 17.9 Å². The molecule has 2 atom stereocenters. The van der Waals surface area contributed by atoms with E-state index in [9.17, 15) is 19.5 Å². The predicted octanol–water partition coefficient (Wildman–Crippen LogP) is 6.85. The quantitative estimate of drug-likeness (QED) is 0.0373. The van der Waals surface area contributed by atoms with Crippen molar-refractivity contribution in [2.75, 3.05) is 41.0 Å². The molecule has 2 unspecified atom stereocenters. The summed E-state index contributed by atoms with van der Waals surface area (Å²) >= 11 is 0. The molecule has 0 N–H and O–H groups in total. The SMILES string of the molecule is CC/C=C/C/C=C/CCCCCCCC(=O)OCC(COCCC(C(=O)[O-])[N+](C)(C)C)OC(=O)CCCCCCCCCC. The zero-order chi connectivity index (χ0) is 32.9. The summed E-state index contributed by atoms with van der Waals surface area (Å²) < 4.78 is 17.0. The molecule has 0 bridgehead atoms. The third-order valence-electron chi connectivity index (χ3n) is 7.60. The number of carbonyl (C=O) groups is 3. The molecule has 0 aromatic rings. The van der Waals surface area contributed by atoms with Gasteiger partial charge in [0.05, 0.1) is 40.3 Å². The topological polar surface area (TPSA) is 102 Å². The van der Waals surface area contributed by atoms with Crippen molar-refractivity contribution in [2.24, 2.45) is 0 Å². The van der Waals surface area contributed by atoms with Gasteiger partial charge in [0.25, 0.3) is 0 Å². The number of esters is 2. The van der Waals surface area contributed by atoms with Crippen LogP contribution in [0, 0.1) is 0 Å². The van der Waals surface area contributed by atoms with Gasteiger partial charge in [-0.1, -0.05) is 102 Å². The molecule has 0 fully saturated rings. The maximum atomic E-state index is 12.5. The van der Waals surface area contributed by atoms with Gasteiger partial charge in [-0.25, -0.2) is 0 Å². The number of carbonyl (C=O) groups excluding carboxylic acids is 3. The molecule has 0 radical (unpaired) electrons. The number of hydrogen-bond acceptors (Lipinski definition) is 7. The Kier molecular flexibility index (Phi) is 26.9. The van der Waals surface area contributed by atoms with E-state index in [4.69, 9.17) is 14.2 Å². The van der Waals surface area contributed by atoms with Crippen LogP contribution in [0.1, 0.15) is 136 Å². The molecular weight excluding hydrogens is 558 g/mol. The Morgan fingerprint density at radius 2 is 1.27 bits per heavy atom. The largest absolute Gasteiger partial charge is 0.544 e. The summed E-state index contributed by atoms with van der Waals surface area (Å²) in [7, 11) is 5.38. The molecule has 8 heteroatoms. The molecule has 0 aliphatic heterocycles. The number of likely N-dealkylation sites (N-methyl/N-ethyl adjacent to an activating group) is 1. The van der Waals surface area contributed by atoms with Crippen molar-refractivity contribution in [3.8, 4) is 0 Å². The van der Waals surface area contributed by atoms with Crippen LogP contribution < -0.4 is 5.11 Å². The first-order valence-electron chi connectivity index (χ1n) is 17.4. The Bertz CT molecular complexity index is 788. The molecule has 0 saturated carbocycles. The highest BCUT2D eigenvalue weighted by molar-refractivity contribution is 5.70. The highest BCUT2D eigenvalue weighted by Gasteiger charge is 2.25. The van der Waals surface area contributed by atoms with E-state index in [1.165, 1.54) is 32.1 Å². The first-order valence-corrected chi connectivity index (χ1v) is 17.4. The highest BCUT2D eigenvalue weighted by Crippen LogP contribution is 2.12. The fourth-order valence-electron chi connectivity index (χ4n) is 4.87. The third kappa shape index (κ3) is 26.2. The molecule has 0 spiro atoms. The summed E-state index contributed by atoms with van der Waals surface area (Å²) in [4.78, 5) is 36.4. The lowest BCUT2D eigenvalue weighted by Gasteiger charge is -2.34. The Labute approximate surface area is 269 Å². The van der Waals surface area contributed by atoms with Gasteiger partial charge in [-0.3, -0.25) is 9.59 Å². The molecule has 0 aromatic heterocycles. The first-order chi connectivity index (χ1) is 21.1. The first kappa shape index (κ1) is 41.8. The van der Waals surface area contributed by atoms with Crippen LogP contribution in [-0.4, -0.2) is 75.5 Å². The summed E-state index contributed by atoms with van der Waals surface area (Å²) in [6, 6.07) is -0.722. The molecule has 0 aliphatic carbocycles. The van der Waals surface area contributed by atoms with Crippen LogP contribution in [0.3, 0.4) is 0 Å². The van der Waals surface area contributed by atoms with E-state index in [-0.39, 0.29) is 42.7 Å². The Balaban J connectivity index is 4.46. The molecule has 0 amide bonds. The minimum Gasteiger partial charge on any atom is -0.544 e. The molecule has 44 heavy (non-hydrogen) atoms. The number of ether oxygens (including phenoxy) is 3. The second-order valence-electron chi connectivity index (χ2n) is 12.7. The average Bonchev–Trinajstić information content (AvgIpc) is 2.96.